The molecule has 6 heteroatoms. The van der Waals surface area contributed by atoms with E-state index in [9.17, 15) is 0 Å². The zero-order valence-corrected chi connectivity index (χ0v) is 14.7. The van der Waals surface area contributed by atoms with E-state index in [1.54, 1.807) is 11.3 Å². The summed E-state index contributed by atoms with van der Waals surface area (Å²) in [6, 6.07) is 11.7. The largest absolute Gasteiger partial charge is 0.338 e. The molecule has 4 nitrogen and oxygen atoms in total. The number of nitrogens with two attached hydrogens (primary N) is 1. The maximum atomic E-state index is 6.42. The molecule has 0 bridgehead atoms. The lowest BCUT2D eigenvalue weighted by Crippen LogP contribution is -2.33. The summed E-state index contributed by atoms with van der Waals surface area (Å²) in [4.78, 5) is 5.51. The summed E-state index contributed by atoms with van der Waals surface area (Å²) >= 11 is 5.00. The van der Waals surface area contributed by atoms with Gasteiger partial charge in [0.2, 0.25) is 11.7 Å². The van der Waals surface area contributed by atoms with E-state index >= 15 is 0 Å². The van der Waals surface area contributed by atoms with Gasteiger partial charge in [-0.25, -0.2) is 0 Å². The van der Waals surface area contributed by atoms with E-state index in [0.717, 1.165) is 14.9 Å². The van der Waals surface area contributed by atoms with Crippen LogP contribution in [0.4, 0.5) is 0 Å². The molecule has 1 atom stereocenters. The lowest BCUT2D eigenvalue weighted by Gasteiger charge is -2.28. The lowest BCUT2D eigenvalue weighted by atomic mass is 9.81. The van der Waals surface area contributed by atoms with Crippen molar-refractivity contribution in [1.82, 2.24) is 10.1 Å². The van der Waals surface area contributed by atoms with E-state index in [-0.39, 0.29) is 6.04 Å². The second kappa shape index (κ2) is 5.95. The first kappa shape index (κ1) is 15.4. The number of benzene rings is 1. The fourth-order valence-corrected chi connectivity index (χ4v) is 3.58. The van der Waals surface area contributed by atoms with Crippen LogP contribution >= 0.6 is 27.3 Å². The number of aromatic nitrogens is 2. The van der Waals surface area contributed by atoms with Gasteiger partial charge >= 0.3 is 0 Å². The van der Waals surface area contributed by atoms with Crippen molar-refractivity contribution in [2.45, 2.75) is 25.3 Å². The molecule has 2 aromatic heterocycles. The van der Waals surface area contributed by atoms with Crippen LogP contribution in [0, 0.1) is 0 Å². The van der Waals surface area contributed by atoms with Crippen LogP contribution in [-0.4, -0.2) is 10.1 Å². The number of halogens is 1. The minimum atomic E-state index is -0.457. The van der Waals surface area contributed by atoms with Crippen LogP contribution in [0.3, 0.4) is 0 Å². The molecule has 1 aromatic carbocycles. The van der Waals surface area contributed by atoms with Crippen molar-refractivity contribution < 1.29 is 4.52 Å². The highest BCUT2D eigenvalue weighted by atomic mass is 79.9. The van der Waals surface area contributed by atoms with Gasteiger partial charge in [0.1, 0.15) is 0 Å². The Morgan fingerprint density at radius 2 is 2.00 bits per heavy atom. The predicted molar refractivity (Wildman–Crippen MR) is 91.7 cm³/mol. The zero-order chi connectivity index (χ0) is 15.7. The highest BCUT2D eigenvalue weighted by Gasteiger charge is 2.35. The van der Waals surface area contributed by atoms with E-state index in [0.29, 0.717) is 11.7 Å². The molecule has 0 fully saturated rings. The third-order valence-electron chi connectivity index (χ3n) is 3.70. The van der Waals surface area contributed by atoms with Gasteiger partial charge in [-0.2, -0.15) is 4.98 Å². The van der Waals surface area contributed by atoms with Gasteiger partial charge in [0.25, 0.3) is 0 Å². The highest BCUT2D eigenvalue weighted by molar-refractivity contribution is 9.10. The quantitative estimate of drug-likeness (QED) is 0.724. The summed E-state index contributed by atoms with van der Waals surface area (Å²) in [6.07, 6.45) is 0. The molecule has 0 aliphatic heterocycles. The Hall–Kier alpha value is -1.50. The molecule has 0 radical (unpaired) electrons. The van der Waals surface area contributed by atoms with Crippen molar-refractivity contribution in [1.29, 1.82) is 0 Å². The molecule has 0 saturated heterocycles. The fourth-order valence-electron chi connectivity index (χ4n) is 2.23. The van der Waals surface area contributed by atoms with Crippen molar-refractivity contribution >= 4 is 27.3 Å². The maximum absolute atomic E-state index is 6.42. The van der Waals surface area contributed by atoms with Crippen LogP contribution in [0.2, 0.25) is 0 Å². The molecule has 3 aromatic rings. The van der Waals surface area contributed by atoms with E-state index in [1.165, 1.54) is 0 Å². The first-order chi connectivity index (χ1) is 10.5. The monoisotopic (exact) mass is 377 g/mol. The third-order valence-corrected chi connectivity index (χ3v) is 5.39. The van der Waals surface area contributed by atoms with E-state index in [1.807, 2.05) is 55.6 Å². The van der Waals surface area contributed by atoms with Gasteiger partial charge in [0, 0.05) is 15.9 Å². The van der Waals surface area contributed by atoms with Crippen LogP contribution in [0.5, 0.6) is 0 Å². The molecule has 0 saturated carbocycles. The standard InChI is InChI=1S/C16H16BrN3OS/c1-16(2,13(18)10-6-4-3-5-7-10)15-19-14(20-21-15)12-8-11(17)9-22-12/h3-9,13H,18H2,1-2H3. The Morgan fingerprint density at radius 1 is 1.27 bits per heavy atom. The zero-order valence-electron chi connectivity index (χ0n) is 12.3. The van der Waals surface area contributed by atoms with Crippen molar-refractivity contribution in [2.24, 2.45) is 5.73 Å². The van der Waals surface area contributed by atoms with Crippen LogP contribution in [0.25, 0.3) is 10.7 Å². The minimum absolute atomic E-state index is 0.225. The van der Waals surface area contributed by atoms with Gasteiger partial charge in [-0.05, 0) is 41.4 Å². The van der Waals surface area contributed by atoms with Gasteiger partial charge in [-0.15, -0.1) is 11.3 Å². The topological polar surface area (TPSA) is 64.9 Å². The Morgan fingerprint density at radius 3 is 2.64 bits per heavy atom. The van der Waals surface area contributed by atoms with E-state index in [4.69, 9.17) is 10.3 Å². The summed E-state index contributed by atoms with van der Waals surface area (Å²) < 4.78 is 6.50. The van der Waals surface area contributed by atoms with Crippen LogP contribution in [0.1, 0.15) is 31.3 Å². The van der Waals surface area contributed by atoms with E-state index < -0.39 is 5.41 Å². The average Bonchev–Trinajstić information content (AvgIpc) is 3.16. The summed E-state index contributed by atoms with van der Waals surface area (Å²) in [6.45, 7) is 4.04. The molecule has 0 amide bonds. The summed E-state index contributed by atoms with van der Waals surface area (Å²) in [5, 5.41) is 6.08. The number of hydrogen-bond acceptors (Lipinski definition) is 5. The summed E-state index contributed by atoms with van der Waals surface area (Å²) in [5.41, 5.74) is 7.01. The molecule has 1 unspecified atom stereocenters. The van der Waals surface area contributed by atoms with Crippen molar-refractivity contribution in [3.8, 4) is 10.7 Å². The second-order valence-corrected chi connectivity index (χ2v) is 7.49. The molecule has 114 valence electrons. The number of nitrogens with zero attached hydrogens (tertiary/aromatic N) is 2. The summed E-state index contributed by atoms with van der Waals surface area (Å²) in [7, 11) is 0. The third kappa shape index (κ3) is 2.86. The smallest absolute Gasteiger partial charge is 0.234 e. The van der Waals surface area contributed by atoms with E-state index in [2.05, 4.69) is 26.1 Å². The SMILES string of the molecule is CC(C)(c1nc(-c2cc(Br)cs2)no1)C(N)c1ccccc1. The Balaban J connectivity index is 1.91. The molecule has 0 aliphatic rings. The average molecular weight is 378 g/mol. The normalized spacial score (nSPS) is 13.3. The highest BCUT2D eigenvalue weighted by Crippen LogP contribution is 2.36. The second-order valence-electron chi connectivity index (χ2n) is 5.66. The van der Waals surface area contributed by atoms with Crippen molar-refractivity contribution in [3.05, 3.63) is 57.7 Å². The number of rotatable bonds is 4. The van der Waals surface area contributed by atoms with Gasteiger partial charge in [0.05, 0.1) is 10.3 Å². The Labute approximate surface area is 141 Å². The lowest BCUT2D eigenvalue weighted by molar-refractivity contribution is 0.276. The molecule has 0 spiro atoms. The molecule has 2 N–H and O–H groups in total. The van der Waals surface area contributed by atoms with Gasteiger partial charge in [0.15, 0.2) is 0 Å². The maximum Gasteiger partial charge on any atom is 0.234 e. The Bertz CT molecular complexity index is 767. The van der Waals surface area contributed by atoms with Crippen LogP contribution in [0.15, 0.2) is 50.8 Å². The predicted octanol–water partition coefficient (Wildman–Crippen LogP) is 4.54. The molecule has 2 heterocycles. The van der Waals surface area contributed by atoms with Crippen LogP contribution in [-0.2, 0) is 5.41 Å². The number of hydrogen-bond donors (Lipinski definition) is 1. The van der Waals surface area contributed by atoms with Gasteiger partial charge in [-0.3, -0.25) is 0 Å². The minimum Gasteiger partial charge on any atom is -0.338 e. The van der Waals surface area contributed by atoms with Crippen molar-refractivity contribution in [2.75, 3.05) is 0 Å². The molecular formula is C16H16BrN3OS. The Kier molecular flexibility index (Phi) is 4.16. The molecule has 0 aliphatic carbocycles. The van der Waals surface area contributed by atoms with Gasteiger partial charge in [-0.1, -0.05) is 35.5 Å². The molecular weight excluding hydrogens is 362 g/mol. The van der Waals surface area contributed by atoms with Crippen molar-refractivity contribution in [3.63, 3.8) is 0 Å². The fraction of sp³-hybridized carbons (Fsp3) is 0.250. The molecule has 3 rings (SSSR count). The molecule has 22 heavy (non-hydrogen) atoms. The number of thiophene rings is 1. The first-order valence-electron chi connectivity index (χ1n) is 6.87. The summed E-state index contributed by atoms with van der Waals surface area (Å²) in [5.74, 6) is 1.14. The first-order valence-corrected chi connectivity index (χ1v) is 8.55. The van der Waals surface area contributed by atoms with Crippen LogP contribution < -0.4 is 5.73 Å². The van der Waals surface area contributed by atoms with Gasteiger partial charge < -0.3 is 10.3 Å².